The lowest BCUT2D eigenvalue weighted by atomic mass is 10.1. The van der Waals surface area contributed by atoms with Crippen LogP contribution in [0.15, 0.2) is 53.6 Å². The Morgan fingerprint density at radius 1 is 1.19 bits per heavy atom. The molecule has 2 bridgehead atoms. The largest absolute Gasteiger partial charge is 0.481 e. The van der Waals surface area contributed by atoms with Crippen LogP contribution in [-0.4, -0.2) is 49.9 Å². The highest BCUT2D eigenvalue weighted by molar-refractivity contribution is 7.89. The minimum atomic E-state index is -3.61. The Morgan fingerprint density at radius 3 is 2.59 bits per heavy atom. The van der Waals surface area contributed by atoms with E-state index in [-0.39, 0.29) is 22.9 Å². The molecule has 0 spiro atoms. The Bertz CT molecular complexity index is 931. The molecule has 1 saturated heterocycles. The van der Waals surface area contributed by atoms with Crippen molar-refractivity contribution in [1.82, 2.24) is 14.6 Å². The molecule has 2 heterocycles. The first-order chi connectivity index (χ1) is 13.0. The van der Waals surface area contributed by atoms with Gasteiger partial charge in [0.2, 0.25) is 15.9 Å². The number of nitrogens with one attached hydrogen (secondary N) is 1. The fraction of sp³-hybridized carbons (Fsp3) is 0.368. The summed E-state index contributed by atoms with van der Waals surface area (Å²) < 4.78 is 33.1. The Morgan fingerprint density at radius 2 is 1.96 bits per heavy atom. The third-order valence-electron chi connectivity index (χ3n) is 5.30. The fourth-order valence-electron chi connectivity index (χ4n) is 4.05. The molecule has 7 nitrogen and oxygen atoms in total. The molecule has 0 radical (unpaired) electrons. The molecule has 4 rings (SSSR count). The quantitative estimate of drug-likeness (QED) is 0.843. The van der Waals surface area contributed by atoms with Gasteiger partial charge in [-0.25, -0.2) is 18.1 Å². The van der Waals surface area contributed by atoms with Gasteiger partial charge in [-0.1, -0.05) is 18.2 Å². The predicted molar refractivity (Wildman–Crippen MR) is 98.9 cm³/mol. The zero-order valence-corrected chi connectivity index (χ0v) is 15.7. The molecule has 1 saturated carbocycles. The van der Waals surface area contributed by atoms with Crippen molar-refractivity contribution in [2.75, 3.05) is 13.7 Å². The van der Waals surface area contributed by atoms with E-state index in [1.54, 1.807) is 47.4 Å². The number of ether oxygens (including phenoxy) is 1. The number of carbonyl (C=O) groups excluding carboxylic acids is 1. The second-order valence-electron chi connectivity index (χ2n) is 6.99. The van der Waals surface area contributed by atoms with E-state index in [9.17, 15) is 13.2 Å². The van der Waals surface area contributed by atoms with Crippen molar-refractivity contribution in [2.45, 2.75) is 29.8 Å². The minimum Gasteiger partial charge on any atom is -0.481 e. The van der Waals surface area contributed by atoms with Gasteiger partial charge in [0, 0.05) is 30.9 Å². The zero-order valence-electron chi connectivity index (χ0n) is 14.9. The van der Waals surface area contributed by atoms with Crippen LogP contribution in [0.4, 0.5) is 0 Å². The summed E-state index contributed by atoms with van der Waals surface area (Å²) in [6.07, 6.45) is 3.06. The number of nitrogens with zero attached hydrogens (tertiary/aromatic N) is 2. The van der Waals surface area contributed by atoms with Crippen molar-refractivity contribution < 1.29 is 17.9 Å². The molecular weight excluding hydrogens is 366 g/mol. The number of piperidine rings is 1. The molecule has 1 aliphatic carbocycles. The maximum atomic E-state index is 12.9. The Kier molecular flexibility index (Phi) is 4.61. The Balaban J connectivity index is 1.50. The number of sulfonamides is 1. The van der Waals surface area contributed by atoms with Gasteiger partial charge in [0.1, 0.15) is 0 Å². The van der Waals surface area contributed by atoms with Crippen LogP contribution in [0, 0.1) is 5.92 Å². The Hall–Kier alpha value is -2.45. The molecule has 27 heavy (non-hydrogen) atoms. The van der Waals surface area contributed by atoms with Gasteiger partial charge >= 0.3 is 0 Å². The van der Waals surface area contributed by atoms with E-state index in [4.69, 9.17) is 4.74 Å². The highest BCUT2D eigenvalue weighted by Gasteiger charge is 2.48. The number of fused-ring (bicyclic) bond motifs is 2. The zero-order chi connectivity index (χ0) is 19.0. The minimum absolute atomic E-state index is 0.124. The van der Waals surface area contributed by atoms with E-state index in [1.807, 2.05) is 0 Å². The molecule has 0 unspecified atom stereocenters. The van der Waals surface area contributed by atoms with E-state index in [0.717, 1.165) is 12.8 Å². The third-order valence-corrected chi connectivity index (χ3v) is 6.80. The van der Waals surface area contributed by atoms with Crippen LogP contribution in [0.1, 0.15) is 23.2 Å². The lowest BCUT2D eigenvalue weighted by Crippen LogP contribution is -2.51. The maximum Gasteiger partial charge on any atom is 0.255 e. The van der Waals surface area contributed by atoms with E-state index in [1.165, 1.54) is 13.3 Å². The first kappa shape index (κ1) is 17.9. The first-order valence-electron chi connectivity index (χ1n) is 8.86. The molecule has 1 aromatic carbocycles. The second-order valence-corrected chi connectivity index (χ2v) is 8.71. The van der Waals surface area contributed by atoms with Crippen LogP contribution in [0.2, 0.25) is 0 Å². The Labute approximate surface area is 158 Å². The van der Waals surface area contributed by atoms with E-state index < -0.39 is 10.0 Å². The highest BCUT2D eigenvalue weighted by Crippen LogP contribution is 2.39. The van der Waals surface area contributed by atoms with Crippen LogP contribution in [0.3, 0.4) is 0 Å². The summed E-state index contributed by atoms with van der Waals surface area (Å²) in [6, 6.07) is 11.2. The molecule has 1 N–H and O–H groups in total. The van der Waals surface area contributed by atoms with Crippen LogP contribution < -0.4 is 9.46 Å². The number of rotatable bonds is 5. The standard InChI is InChI=1S/C19H21N3O4S/c1-26-18-8-7-14(11-20-18)19(23)22-12-13-9-16(17(22)10-13)21-27(24,25)15-5-3-2-4-6-15/h2-8,11,13,16-17,21H,9-10,12H2,1H3/t13-,16+,17-/m1/s1. The average Bonchev–Trinajstić information content (AvgIpc) is 3.28. The lowest BCUT2D eigenvalue weighted by Gasteiger charge is -2.33. The molecule has 1 aliphatic heterocycles. The predicted octanol–water partition coefficient (Wildman–Crippen LogP) is 1.67. The smallest absolute Gasteiger partial charge is 0.255 e. The number of carbonyl (C=O) groups is 1. The highest BCUT2D eigenvalue weighted by atomic mass is 32.2. The first-order valence-corrected chi connectivity index (χ1v) is 10.3. The van der Waals surface area contributed by atoms with Gasteiger partial charge in [0.05, 0.1) is 17.6 Å². The molecule has 2 aliphatic rings. The second kappa shape index (κ2) is 6.94. The van der Waals surface area contributed by atoms with Gasteiger partial charge in [-0.3, -0.25) is 4.79 Å². The van der Waals surface area contributed by atoms with Crippen molar-refractivity contribution in [2.24, 2.45) is 5.92 Å². The maximum absolute atomic E-state index is 12.9. The van der Waals surface area contributed by atoms with Gasteiger partial charge in [0.25, 0.3) is 5.91 Å². The molecule has 142 valence electrons. The van der Waals surface area contributed by atoms with Gasteiger partial charge in [-0.15, -0.1) is 0 Å². The molecular formula is C19H21N3O4S. The summed E-state index contributed by atoms with van der Waals surface area (Å²) in [7, 11) is -2.09. The summed E-state index contributed by atoms with van der Waals surface area (Å²) in [4.78, 5) is 19.0. The summed E-state index contributed by atoms with van der Waals surface area (Å²) in [5.41, 5.74) is 0.480. The van der Waals surface area contributed by atoms with E-state index >= 15 is 0 Å². The number of amides is 1. The van der Waals surface area contributed by atoms with Crippen molar-refractivity contribution in [3.8, 4) is 5.88 Å². The SMILES string of the molecule is COc1ccc(C(=O)N2C[C@@H]3C[C@H](NS(=O)(=O)c4ccccc4)[C@H]2C3)cn1. The summed E-state index contributed by atoms with van der Waals surface area (Å²) in [5.74, 6) is 0.637. The van der Waals surface area contributed by atoms with E-state index in [0.29, 0.717) is 23.9 Å². The number of methoxy groups -OCH3 is 1. The van der Waals surface area contributed by atoms with Crippen molar-refractivity contribution in [3.63, 3.8) is 0 Å². The number of pyridine rings is 1. The topological polar surface area (TPSA) is 88.6 Å². The number of likely N-dealkylation sites (tertiary alicyclic amines) is 1. The van der Waals surface area contributed by atoms with Crippen LogP contribution in [-0.2, 0) is 10.0 Å². The molecule has 2 fully saturated rings. The number of aromatic nitrogens is 1. The van der Waals surface area contributed by atoms with Crippen molar-refractivity contribution in [3.05, 3.63) is 54.2 Å². The van der Waals surface area contributed by atoms with Crippen LogP contribution in [0.5, 0.6) is 5.88 Å². The number of hydrogen-bond acceptors (Lipinski definition) is 5. The molecule has 3 atom stereocenters. The third kappa shape index (κ3) is 3.42. The van der Waals surface area contributed by atoms with Crippen molar-refractivity contribution >= 4 is 15.9 Å². The van der Waals surface area contributed by atoms with Crippen LogP contribution >= 0.6 is 0 Å². The molecule has 1 aromatic heterocycles. The summed E-state index contributed by atoms with van der Waals surface area (Å²) >= 11 is 0. The molecule has 1 amide bonds. The average molecular weight is 387 g/mol. The summed E-state index contributed by atoms with van der Waals surface area (Å²) in [6.45, 7) is 0.652. The lowest BCUT2D eigenvalue weighted by molar-refractivity contribution is 0.0677. The van der Waals surface area contributed by atoms with Gasteiger partial charge in [0.15, 0.2) is 0 Å². The van der Waals surface area contributed by atoms with Gasteiger partial charge in [-0.05, 0) is 37.0 Å². The van der Waals surface area contributed by atoms with Gasteiger partial charge in [-0.2, -0.15) is 0 Å². The number of hydrogen-bond donors (Lipinski definition) is 1. The van der Waals surface area contributed by atoms with Crippen LogP contribution in [0.25, 0.3) is 0 Å². The van der Waals surface area contributed by atoms with Gasteiger partial charge < -0.3 is 9.64 Å². The van der Waals surface area contributed by atoms with E-state index in [2.05, 4.69) is 9.71 Å². The fourth-order valence-corrected chi connectivity index (χ4v) is 5.35. The summed E-state index contributed by atoms with van der Waals surface area (Å²) in [5, 5.41) is 0. The molecule has 8 heteroatoms. The number of benzene rings is 1. The molecule has 2 aromatic rings. The monoisotopic (exact) mass is 387 g/mol. The normalized spacial score (nSPS) is 24.2. The van der Waals surface area contributed by atoms with Crippen molar-refractivity contribution in [1.29, 1.82) is 0 Å².